The molecule has 0 aliphatic heterocycles. The summed E-state index contributed by atoms with van der Waals surface area (Å²) >= 11 is 17.8. The molecule has 6 heteroatoms. The average molecular weight is 335 g/mol. The molecule has 0 saturated heterocycles. The smallest absolute Gasteiger partial charge is 0.139 e. The highest BCUT2D eigenvalue weighted by molar-refractivity contribution is 6.43. The molecule has 2 nitrogen and oxygen atoms in total. The second-order valence-electron chi connectivity index (χ2n) is 4.10. The first-order chi connectivity index (χ1) is 9.51. The fourth-order valence-corrected chi connectivity index (χ4v) is 2.29. The summed E-state index contributed by atoms with van der Waals surface area (Å²) in [6.45, 7) is 0.441. The topological polar surface area (TPSA) is 35.2 Å². The van der Waals surface area contributed by atoms with Gasteiger partial charge in [0.2, 0.25) is 0 Å². The first-order valence-electron chi connectivity index (χ1n) is 5.76. The van der Waals surface area contributed by atoms with Gasteiger partial charge in [0.05, 0.1) is 15.1 Å². The van der Waals surface area contributed by atoms with E-state index in [1.807, 2.05) is 0 Å². The molecule has 20 heavy (non-hydrogen) atoms. The molecule has 0 bridgehead atoms. The Kier molecular flexibility index (Phi) is 5.11. The minimum Gasteiger partial charge on any atom is -0.487 e. The zero-order valence-electron chi connectivity index (χ0n) is 10.3. The van der Waals surface area contributed by atoms with Crippen LogP contribution >= 0.6 is 34.8 Å². The predicted octanol–water partition coefficient (Wildman–Crippen LogP) is 4.82. The van der Waals surface area contributed by atoms with Gasteiger partial charge in [-0.2, -0.15) is 0 Å². The largest absolute Gasteiger partial charge is 0.487 e. The Morgan fingerprint density at radius 1 is 0.950 bits per heavy atom. The molecule has 2 aromatic rings. The van der Waals surface area contributed by atoms with Crippen LogP contribution in [0.1, 0.15) is 11.1 Å². The van der Waals surface area contributed by atoms with Crippen LogP contribution in [0.4, 0.5) is 4.39 Å². The van der Waals surface area contributed by atoms with Gasteiger partial charge in [0, 0.05) is 12.6 Å². The van der Waals surface area contributed by atoms with Gasteiger partial charge in [-0.15, -0.1) is 0 Å². The number of rotatable bonds is 4. The maximum Gasteiger partial charge on any atom is 0.139 e. The highest BCUT2D eigenvalue weighted by Gasteiger charge is 2.09. The Morgan fingerprint density at radius 2 is 1.65 bits per heavy atom. The van der Waals surface area contributed by atoms with Gasteiger partial charge in [-0.3, -0.25) is 0 Å². The summed E-state index contributed by atoms with van der Waals surface area (Å²) in [6, 6.07) is 7.42. The molecule has 0 aliphatic rings. The van der Waals surface area contributed by atoms with Crippen molar-refractivity contribution in [3.8, 4) is 5.75 Å². The van der Waals surface area contributed by atoms with Crippen LogP contribution in [0.5, 0.6) is 5.75 Å². The summed E-state index contributed by atoms with van der Waals surface area (Å²) < 4.78 is 18.7. The molecular formula is C14H11Cl3FNO. The molecule has 2 N–H and O–H groups in total. The van der Waals surface area contributed by atoms with E-state index >= 15 is 0 Å². The fraction of sp³-hybridized carbons (Fsp3) is 0.143. The molecule has 2 rings (SSSR count). The van der Waals surface area contributed by atoms with E-state index in [0.29, 0.717) is 26.4 Å². The zero-order chi connectivity index (χ0) is 14.7. The quantitative estimate of drug-likeness (QED) is 0.813. The van der Waals surface area contributed by atoms with E-state index in [2.05, 4.69) is 0 Å². The molecule has 0 saturated carbocycles. The predicted molar refractivity (Wildman–Crippen MR) is 80.1 cm³/mol. The van der Waals surface area contributed by atoms with Crippen molar-refractivity contribution in [2.24, 2.45) is 5.73 Å². The van der Waals surface area contributed by atoms with Gasteiger partial charge >= 0.3 is 0 Å². The molecular weight excluding hydrogens is 324 g/mol. The van der Waals surface area contributed by atoms with Crippen molar-refractivity contribution in [3.05, 3.63) is 62.3 Å². The molecule has 0 atom stereocenters. The summed E-state index contributed by atoms with van der Waals surface area (Å²) in [5.74, 6) is 0.0788. The molecule has 0 radical (unpaired) electrons. The monoisotopic (exact) mass is 333 g/mol. The minimum atomic E-state index is -0.332. The highest BCUT2D eigenvalue weighted by Crippen LogP contribution is 2.34. The molecule has 106 valence electrons. The number of nitrogens with two attached hydrogens (primary N) is 1. The second-order valence-corrected chi connectivity index (χ2v) is 5.32. The number of hydrogen-bond donors (Lipinski definition) is 1. The third-order valence-electron chi connectivity index (χ3n) is 2.75. The molecule has 0 amide bonds. The SMILES string of the molecule is NCc1cc(F)ccc1COc1cc(Cl)c(Cl)cc1Cl. The molecule has 0 fully saturated rings. The van der Waals surface area contributed by atoms with Gasteiger partial charge in [-0.05, 0) is 29.3 Å². The van der Waals surface area contributed by atoms with Crippen LogP contribution in [0.2, 0.25) is 15.1 Å². The molecule has 0 unspecified atom stereocenters. The fourth-order valence-electron chi connectivity index (χ4n) is 1.70. The number of benzene rings is 2. The van der Waals surface area contributed by atoms with Crippen LogP contribution in [0.15, 0.2) is 30.3 Å². The standard InChI is InChI=1S/C14H11Cl3FNO/c15-11-4-13(17)14(5-12(11)16)20-7-8-1-2-10(18)3-9(8)6-19/h1-5H,6-7,19H2. The van der Waals surface area contributed by atoms with Crippen molar-refractivity contribution in [1.29, 1.82) is 0 Å². The number of hydrogen-bond acceptors (Lipinski definition) is 2. The maximum absolute atomic E-state index is 13.1. The summed E-state index contributed by atoms with van der Waals surface area (Å²) in [7, 11) is 0. The second kappa shape index (κ2) is 6.64. The van der Waals surface area contributed by atoms with Gasteiger partial charge in [0.1, 0.15) is 18.2 Å². The lowest BCUT2D eigenvalue weighted by Crippen LogP contribution is -2.05. The van der Waals surface area contributed by atoms with Crippen molar-refractivity contribution < 1.29 is 9.13 Å². The van der Waals surface area contributed by atoms with Crippen LogP contribution in [0, 0.1) is 5.82 Å². The lowest BCUT2D eigenvalue weighted by Gasteiger charge is -2.12. The lowest BCUT2D eigenvalue weighted by atomic mass is 10.1. The summed E-state index contributed by atoms with van der Waals surface area (Å²) in [5, 5.41) is 1.06. The van der Waals surface area contributed by atoms with Crippen LogP contribution in [0.3, 0.4) is 0 Å². The molecule has 2 aromatic carbocycles. The van der Waals surface area contributed by atoms with Crippen molar-refractivity contribution in [3.63, 3.8) is 0 Å². The molecule has 0 heterocycles. The lowest BCUT2D eigenvalue weighted by molar-refractivity contribution is 0.305. The van der Waals surface area contributed by atoms with Crippen LogP contribution < -0.4 is 10.5 Å². The number of halogens is 4. The Labute approximate surface area is 131 Å². The normalized spacial score (nSPS) is 10.7. The van der Waals surface area contributed by atoms with Crippen molar-refractivity contribution in [2.75, 3.05) is 0 Å². The van der Waals surface area contributed by atoms with Crippen molar-refractivity contribution in [1.82, 2.24) is 0 Å². The van der Waals surface area contributed by atoms with E-state index in [0.717, 1.165) is 5.56 Å². The van der Waals surface area contributed by atoms with Crippen molar-refractivity contribution in [2.45, 2.75) is 13.2 Å². The summed E-state index contributed by atoms with van der Waals surface area (Å²) in [5.41, 5.74) is 7.05. The average Bonchev–Trinajstić information content (AvgIpc) is 2.42. The van der Waals surface area contributed by atoms with E-state index in [-0.39, 0.29) is 19.0 Å². The van der Waals surface area contributed by atoms with E-state index in [1.54, 1.807) is 6.07 Å². The third-order valence-corrected chi connectivity index (χ3v) is 3.76. The van der Waals surface area contributed by atoms with E-state index < -0.39 is 0 Å². The van der Waals surface area contributed by atoms with Gasteiger partial charge < -0.3 is 10.5 Å². The highest BCUT2D eigenvalue weighted by atomic mass is 35.5. The van der Waals surface area contributed by atoms with Crippen LogP contribution in [-0.2, 0) is 13.2 Å². The van der Waals surface area contributed by atoms with Gasteiger partial charge in [-0.1, -0.05) is 40.9 Å². The van der Waals surface area contributed by atoms with Crippen LogP contribution in [0.25, 0.3) is 0 Å². The molecule has 0 aromatic heterocycles. The van der Waals surface area contributed by atoms with E-state index in [4.69, 9.17) is 45.3 Å². The Balaban J connectivity index is 2.19. The first kappa shape index (κ1) is 15.4. The first-order valence-corrected chi connectivity index (χ1v) is 6.89. The minimum absolute atomic E-state index is 0.213. The zero-order valence-corrected chi connectivity index (χ0v) is 12.6. The number of ether oxygens (including phenoxy) is 1. The third kappa shape index (κ3) is 3.55. The maximum atomic E-state index is 13.1. The van der Waals surface area contributed by atoms with Gasteiger partial charge in [-0.25, -0.2) is 4.39 Å². The molecule has 0 aliphatic carbocycles. The Bertz CT molecular complexity index is 634. The van der Waals surface area contributed by atoms with Gasteiger partial charge in [0.15, 0.2) is 0 Å². The molecule has 0 spiro atoms. The Morgan fingerprint density at radius 3 is 2.35 bits per heavy atom. The summed E-state index contributed by atoms with van der Waals surface area (Å²) in [4.78, 5) is 0. The van der Waals surface area contributed by atoms with Crippen LogP contribution in [-0.4, -0.2) is 0 Å². The summed E-state index contributed by atoms with van der Waals surface area (Å²) in [6.07, 6.45) is 0. The van der Waals surface area contributed by atoms with Crippen molar-refractivity contribution >= 4 is 34.8 Å². The Hall–Kier alpha value is -1.000. The van der Waals surface area contributed by atoms with E-state index in [1.165, 1.54) is 24.3 Å². The van der Waals surface area contributed by atoms with Gasteiger partial charge in [0.25, 0.3) is 0 Å². The van der Waals surface area contributed by atoms with E-state index in [9.17, 15) is 4.39 Å².